The van der Waals surface area contributed by atoms with E-state index in [2.05, 4.69) is 0 Å². The monoisotopic (exact) mass is 219 g/mol. The first-order valence-corrected chi connectivity index (χ1v) is 6.80. The Bertz CT molecular complexity index is 297. The standard InChI is InChI=1S/C9H17NO3S/c1-2-14(12,13)7-6-10-5-3-4-9(11)8-10/h2-8H2,1H3. The van der Waals surface area contributed by atoms with Crippen LogP contribution in [-0.2, 0) is 14.6 Å². The molecule has 0 radical (unpaired) electrons. The molecule has 1 heterocycles. The van der Waals surface area contributed by atoms with Gasteiger partial charge in [-0.15, -0.1) is 0 Å². The zero-order valence-corrected chi connectivity index (χ0v) is 9.35. The van der Waals surface area contributed by atoms with Crippen LogP contribution in [0.1, 0.15) is 19.8 Å². The van der Waals surface area contributed by atoms with Gasteiger partial charge < -0.3 is 0 Å². The lowest BCUT2D eigenvalue weighted by molar-refractivity contribution is -0.122. The maximum absolute atomic E-state index is 11.2. The van der Waals surface area contributed by atoms with Gasteiger partial charge in [0.2, 0.25) is 0 Å². The largest absolute Gasteiger partial charge is 0.298 e. The van der Waals surface area contributed by atoms with Crippen LogP contribution in [0.15, 0.2) is 0 Å². The summed E-state index contributed by atoms with van der Waals surface area (Å²) in [6.45, 7) is 3.43. The maximum atomic E-state index is 11.2. The second-order valence-electron chi connectivity index (χ2n) is 3.65. The summed E-state index contributed by atoms with van der Waals surface area (Å²) in [6.07, 6.45) is 1.52. The van der Waals surface area contributed by atoms with E-state index in [1.54, 1.807) is 6.92 Å². The van der Waals surface area contributed by atoms with E-state index in [0.717, 1.165) is 13.0 Å². The van der Waals surface area contributed by atoms with Crippen molar-refractivity contribution in [3.05, 3.63) is 0 Å². The number of hydrogen-bond acceptors (Lipinski definition) is 4. The molecule has 1 aliphatic heterocycles. The quantitative estimate of drug-likeness (QED) is 0.672. The second-order valence-corrected chi connectivity index (χ2v) is 6.13. The summed E-state index contributed by atoms with van der Waals surface area (Å²) in [5.41, 5.74) is 0. The van der Waals surface area contributed by atoms with Crippen LogP contribution in [0, 0.1) is 0 Å². The molecule has 1 aliphatic rings. The minimum Gasteiger partial charge on any atom is -0.298 e. The minimum absolute atomic E-state index is 0.177. The van der Waals surface area contributed by atoms with E-state index < -0.39 is 9.84 Å². The molecule has 0 bridgehead atoms. The zero-order valence-electron chi connectivity index (χ0n) is 8.53. The molecule has 0 unspecified atom stereocenters. The van der Waals surface area contributed by atoms with E-state index >= 15 is 0 Å². The van der Waals surface area contributed by atoms with Gasteiger partial charge in [0.1, 0.15) is 5.78 Å². The first-order chi connectivity index (χ1) is 6.53. The van der Waals surface area contributed by atoms with Crippen molar-refractivity contribution in [1.82, 2.24) is 4.90 Å². The molecule has 4 nitrogen and oxygen atoms in total. The molecular formula is C9H17NO3S. The summed E-state index contributed by atoms with van der Waals surface area (Å²) in [5.74, 6) is 0.594. The highest BCUT2D eigenvalue weighted by atomic mass is 32.2. The third kappa shape index (κ3) is 3.75. The van der Waals surface area contributed by atoms with E-state index in [4.69, 9.17) is 0 Å². The molecule has 0 aromatic rings. The van der Waals surface area contributed by atoms with Crippen LogP contribution in [0.2, 0.25) is 0 Å². The van der Waals surface area contributed by atoms with Crippen molar-refractivity contribution in [3.63, 3.8) is 0 Å². The Labute approximate surface area is 85.2 Å². The second kappa shape index (κ2) is 4.89. The SMILES string of the molecule is CCS(=O)(=O)CCN1CCCC(=O)C1. The molecule has 1 rings (SSSR count). The summed E-state index contributed by atoms with van der Waals surface area (Å²) < 4.78 is 22.4. The van der Waals surface area contributed by atoms with Gasteiger partial charge in [0.25, 0.3) is 0 Å². The van der Waals surface area contributed by atoms with E-state index in [1.165, 1.54) is 0 Å². The van der Waals surface area contributed by atoms with Crippen molar-refractivity contribution in [1.29, 1.82) is 0 Å². The number of hydrogen-bond donors (Lipinski definition) is 0. The maximum Gasteiger partial charge on any atom is 0.151 e. The predicted octanol–water partition coefficient (Wildman–Crippen LogP) is 0.0860. The Kier molecular flexibility index (Phi) is 4.07. The van der Waals surface area contributed by atoms with Crippen molar-refractivity contribution in [3.8, 4) is 0 Å². The molecule has 0 aliphatic carbocycles. The molecule has 0 saturated carbocycles. The molecule has 5 heteroatoms. The van der Waals surface area contributed by atoms with E-state index in [0.29, 0.717) is 19.5 Å². The van der Waals surface area contributed by atoms with Gasteiger partial charge in [0.15, 0.2) is 9.84 Å². The normalized spacial score (nSPS) is 19.9. The summed E-state index contributed by atoms with van der Waals surface area (Å²) in [5, 5.41) is 0. The minimum atomic E-state index is -2.89. The fourth-order valence-electron chi connectivity index (χ4n) is 1.51. The number of rotatable bonds is 4. The number of ketones is 1. The Hall–Kier alpha value is -0.420. The smallest absolute Gasteiger partial charge is 0.151 e. The van der Waals surface area contributed by atoms with Gasteiger partial charge in [-0.25, -0.2) is 8.42 Å². The van der Waals surface area contributed by atoms with Gasteiger partial charge >= 0.3 is 0 Å². The molecule has 0 atom stereocenters. The topological polar surface area (TPSA) is 54.5 Å². The number of carbonyl (C=O) groups is 1. The third-order valence-corrected chi connectivity index (χ3v) is 4.17. The molecule has 0 N–H and O–H groups in total. The number of nitrogens with zero attached hydrogens (tertiary/aromatic N) is 1. The van der Waals surface area contributed by atoms with E-state index in [1.807, 2.05) is 4.90 Å². The van der Waals surface area contributed by atoms with Crippen LogP contribution in [0.25, 0.3) is 0 Å². The van der Waals surface area contributed by atoms with Gasteiger partial charge in [0, 0.05) is 18.7 Å². The number of likely N-dealkylation sites (tertiary alicyclic amines) is 1. The Morgan fingerprint density at radius 3 is 2.71 bits per heavy atom. The molecule has 1 saturated heterocycles. The van der Waals surface area contributed by atoms with Crippen molar-refractivity contribution >= 4 is 15.6 Å². The molecular weight excluding hydrogens is 202 g/mol. The number of sulfone groups is 1. The third-order valence-electron chi connectivity index (χ3n) is 2.49. The number of piperidine rings is 1. The summed E-state index contributed by atoms with van der Waals surface area (Å²) in [6, 6.07) is 0. The van der Waals surface area contributed by atoms with Gasteiger partial charge in [0.05, 0.1) is 12.3 Å². The molecule has 0 aromatic heterocycles. The average molecular weight is 219 g/mol. The Morgan fingerprint density at radius 2 is 2.14 bits per heavy atom. The van der Waals surface area contributed by atoms with E-state index in [9.17, 15) is 13.2 Å². The van der Waals surface area contributed by atoms with Gasteiger partial charge in [-0.3, -0.25) is 9.69 Å². The van der Waals surface area contributed by atoms with Gasteiger partial charge in [-0.1, -0.05) is 6.92 Å². The van der Waals surface area contributed by atoms with Crippen LogP contribution in [0.5, 0.6) is 0 Å². The molecule has 0 amide bonds. The Balaban J connectivity index is 2.34. The zero-order chi connectivity index (χ0) is 10.6. The summed E-state index contributed by atoms with van der Waals surface area (Å²) in [7, 11) is -2.89. The number of Topliss-reactive ketones (excluding diaryl/α,β-unsaturated/α-hetero) is 1. The van der Waals surface area contributed by atoms with Crippen molar-refractivity contribution < 1.29 is 13.2 Å². The summed E-state index contributed by atoms with van der Waals surface area (Å²) >= 11 is 0. The van der Waals surface area contributed by atoms with Crippen LogP contribution >= 0.6 is 0 Å². The Morgan fingerprint density at radius 1 is 1.43 bits per heavy atom. The van der Waals surface area contributed by atoms with Crippen LogP contribution in [0.3, 0.4) is 0 Å². The lowest BCUT2D eigenvalue weighted by Gasteiger charge is -2.25. The van der Waals surface area contributed by atoms with Crippen molar-refractivity contribution in [2.45, 2.75) is 19.8 Å². The fourth-order valence-corrected chi connectivity index (χ4v) is 2.34. The molecule has 14 heavy (non-hydrogen) atoms. The highest BCUT2D eigenvalue weighted by Gasteiger charge is 2.18. The van der Waals surface area contributed by atoms with Crippen LogP contribution < -0.4 is 0 Å². The highest BCUT2D eigenvalue weighted by Crippen LogP contribution is 2.05. The van der Waals surface area contributed by atoms with E-state index in [-0.39, 0.29) is 17.3 Å². The van der Waals surface area contributed by atoms with Crippen LogP contribution in [0.4, 0.5) is 0 Å². The van der Waals surface area contributed by atoms with Gasteiger partial charge in [-0.2, -0.15) is 0 Å². The number of carbonyl (C=O) groups excluding carboxylic acids is 1. The van der Waals surface area contributed by atoms with Gasteiger partial charge in [-0.05, 0) is 13.0 Å². The fraction of sp³-hybridized carbons (Fsp3) is 0.889. The van der Waals surface area contributed by atoms with Crippen molar-refractivity contribution in [2.24, 2.45) is 0 Å². The van der Waals surface area contributed by atoms with Crippen LogP contribution in [-0.4, -0.2) is 50.2 Å². The molecule has 0 spiro atoms. The van der Waals surface area contributed by atoms with Crippen molar-refractivity contribution in [2.75, 3.05) is 31.1 Å². The molecule has 0 aromatic carbocycles. The summed E-state index contributed by atoms with van der Waals surface area (Å²) in [4.78, 5) is 13.0. The highest BCUT2D eigenvalue weighted by molar-refractivity contribution is 7.91. The first kappa shape index (κ1) is 11.7. The molecule has 82 valence electrons. The molecule has 1 fully saturated rings. The lowest BCUT2D eigenvalue weighted by atomic mass is 10.1. The predicted molar refractivity (Wildman–Crippen MR) is 55.0 cm³/mol. The average Bonchev–Trinajstić information content (AvgIpc) is 2.15. The lowest BCUT2D eigenvalue weighted by Crippen LogP contribution is -2.38. The first-order valence-electron chi connectivity index (χ1n) is 4.98.